The minimum absolute atomic E-state index is 0.0328. The molecule has 0 saturated heterocycles. The first-order chi connectivity index (χ1) is 12.6. The summed E-state index contributed by atoms with van der Waals surface area (Å²) in [5.74, 6) is 0.154. The van der Waals surface area contributed by atoms with Crippen molar-refractivity contribution in [3.63, 3.8) is 0 Å². The molecule has 7 nitrogen and oxygen atoms in total. The highest BCUT2D eigenvalue weighted by molar-refractivity contribution is 7.10. The first-order valence-electron chi connectivity index (χ1n) is 8.58. The molecule has 8 heteroatoms. The van der Waals surface area contributed by atoms with E-state index in [2.05, 4.69) is 20.3 Å². The molecular formula is C18H18N4O3S. The van der Waals surface area contributed by atoms with Gasteiger partial charge in [-0.25, -0.2) is 9.78 Å². The monoisotopic (exact) mass is 370 g/mol. The van der Waals surface area contributed by atoms with Crippen molar-refractivity contribution in [1.29, 1.82) is 0 Å². The zero-order valence-corrected chi connectivity index (χ0v) is 14.8. The Balaban J connectivity index is 1.65. The van der Waals surface area contributed by atoms with Gasteiger partial charge in [-0.3, -0.25) is 19.6 Å². The quantitative estimate of drug-likeness (QED) is 0.655. The van der Waals surface area contributed by atoms with Crippen LogP contribution in [0.2, 0.25) is 0 Å². The van der Waals surface area contributed by atoms with Gasteiger partial charge in [-0.15, -0.1) is 11.3 Å². The van der Waals surface area contributed by atoms with Gasteiger partial charge in [-0.05, 0) is 36.3 Å². The van der Waals surface area contributed by atoms with Crippen LogP contribution in [0.15, 0.2) is 39.4 Å². The van der Waals surface area contributed by atoms with Gasteiger partial charge in [0.05, 0.1) is 17.0 Å². The highest BCUT2D eigenvalue weighted by atomic mass is 32.1. The lowest BCUT2D eigenvalue weighted by molar-refractivity contribution is 0.0922. The summed E-state index contributed by atoms with van der Waals surface area (Å²) in [4.78, 5) is 45.9. The lowest BCUT2D eigenvalue weighted by Crippen LogP contribution is -2.32. The number of nitrogens with one attached hydrogen (secondary N) is 3. The number of carbonyl (C=O) groups is 1. The van der Waals surface area contributed by atoms with Crippen molar-refractivity contribution in [1.82, 2.24) is 20.3 Å². The molecule has 1 amide bonds. The highest BCUT2D eigenvalue weighted by Crippen LogP contribution is 2.37. The molecule has 3 N–H and O–H groups in total. The molecule has 134 valence electrons. The summed E-state index contributed by atoms with van der Waals surface area (Å²) >= 11 is 1.64. The lowest BCUT2D eigenvalue weighted by Gasteiger charge is -2.23. The second-order valence-corrected chi connectivity index (χ2v) is 7.52. The Hall–Kier alpha value is -2.74. The molecule has 0 aliphatic heterocycles. The number of aromatic nitrogens is 3. The molecule has 3 aromatic rings. The molecule has 3 aromatic heterocycles. The summed E-state index contributed by atoms with van der Waals surface area (Å²) < 4.78 is 0. The molecule has 1 atom stereocenters. The Bertz CT molecular complexity index is 1050. The molecule has 0 unspecified atom stereocenters. The third kappa shape index (κ3) is 3.20. The molecule has 1 fully saturated rings. The van der Waals surface area contributed by atoms with Crippen LogP contribution >= 0.6 is 11.3 Å². The van der Waals surface area contributed by atoms with Gasteiger partial charge in [0.15, 0.2) is 0 Å². The second-order valence-electron chi connectivity index (χ2n) is 6.54. The fourth-order valence-electron chi connectivity index (χ4n) is 3.58. The number of thiophene rings is 1. The summed E-state index contributed by atoms with van der Waals surface area (Å²) in [6.07, 6.45) is 5.94. The minimum Gasteiger partial charge on any atom is -0.344 e. The van der Waals surface area contributed by atoms with Gasteiger partial charge in [-0.2, -0.15) is 0 Å². The van der Waals surface area contributed by atoms with E-state index in [0.717, 1.165) is 17.7 Å². The molecule has 1 aliphatic rings. The maximum atomic E-state index is 12.8. The first-order valence-corrected chi connectivity index (χ1v) is 9.46. The van der Waals surface area contributed by atoms with Crippen LogP contribution < -0.4 is 16.6 Å². The number of carbonyl (C=O) groups excluding carboxylic acids is 1. The second kappa shape index (κ2) is 6.87. The predicted molar refractivity (Wildman–Crippen MR) is 99.5 cm³/mol. The van der Waals surface area contributed by atoms with Crippen LogP contribution in [0, 0.1) is 5.92 Å². The summed E-state index contributed by atoms with van der Waals surface area (Å²) in [5, 5.41) is 5.32. The van der Waals surface area contributed by atoms with Gasteiger partial charge in [0.2, 0.25) is 0 Å². The van der Waals surface area contributed by atoms with Crippen molar-refractivity contribution in [3.05, 3.63) is 61.1 Å². The van der Waals surface area contributed by atoms with Crippen LogP contribution in [0.1, 0.15) is 47.0 Å². The van der Waals surface area contributed by atoms with Crippen molar-refractivity contribution in [2.75, 3.05) is 0 Å². The zero-order chi connectivity index (χ0) is 18.1. The molecule has 26 heavy (non-hydrogen) atoms. The maximum Gasteiger partial charge on any atom is 0.327 e. The van der Waals surface area contributed by atoms with E-state index in [-0.39, 0.29) is 23.0 Å². The van der Waals surface area contributed by atoms with Crippen LogP contribution in [0.5, 0.6) is 0 Å². The standard InChI is InChI=1S/C18H18N4O3S/c23-16(11-8-12-15(19-9-11)21-18(25)22-17(12)24)20-14(10-4-1-2-5-10)13-6-3-7-26-13/h3,6-10,14H,1-2,4-5H2,(H,20,23)(H2,19,21,22,24,25)/t14-/m0/s1. The van der Waals surface area contributed by atoms with E-state index in [1.54, 1.807) is 11.3 Å². The summed E-state index contributed by atoms with van der Waals surface area (Å²) in [6, 6.07) is 5.46. The van der Waals surface area contributed by atoms with E-state index in [1.165, 1.54) is 25.1 Å². The number of fused-ring (bicyclic) bond motifs is 1. The number of aromatic amines is 2. The zero-order valence-electron chi connectivity index (χ0n) is 14.0. The molecule has 3 heterocycles. The first kappa shape index (κ1) is 16.7. The summed E-state index contributed by atoms with van der Waals surface area (Å²) in [5.41, 5.74) is -0.710. The van der Waals surface area contributed by atoms with Gasteiger partial charge in [0, 0.05) is 11.1 Å². The Kier molecular flexibility index (Phi) is 4.42. The number of pyridine rings is 1. The van der Waals surface area contributed by atoms with E-state index < -0.39 is 11.2 Å². The van der Waals surface area contributed by atoms with Crippen LogP contribution in [0.25, 0.3) is 11.0 Å². The average molecular weight is 370 g/mol. The number of hydrogen-bond donors (Lipinski definition) is 3. The lowest BCUT2D eigenvalue weighted by atomic mass is 9.96. The third-order valence-electron chi connectivity index (χ3n) is 4.86. The largest absolute Gasteiger partial charge is 0.344 e. The Morgan fingerprint density at radius 3 is 2.81 bits per heavy atom. The van der Waals surface area contributed by atoms with Gasteiger partial charge in [0.1, 0.15) is 5.65 Å². The topological polar surface area (TPSA) is 108 Å². The average Bonchev–Trinajstić information content (AvgIpc) is 3.33. The fourth-order valence-corrected chi connectivity index (χ4v) is 4.45. The van der Waals surface area contributed by atoms with Gasteiger partial charge < -0.3 is 5.32 Å². The van der Waals surface area contributed by atoms with E-state index in [9.17, 15) is 14.4 Å². The van der Waals surface area contributed by atoms with E-state index in [0.29, 0.717) is 11.5 Å². The Morgan fingerprint density at radius 2 is 2.08 bits per heavy atom. The maximum absolute atomic E-state index is 12.8. The minimum atomic E-state index is -0.619. The third-order valence-corrected chi connectivity index (χ3v) is 5.82. The summed E-state index contributed by atoms with van der Waals surface area (Å²) in [7, 11) is 0. The number of H-pyrrole nitrogens is 2. The highest BCUT2D eigenvalue weighted by Gasteiger charge is 2.28. The molecule has 0 aromatic carbocycles. The van der Waals surface area contributed by atoms with Gasteiger partial charge in [-0.1, -0.05) is 18.9 Å². The van der Waals surface area contributed by atoms with Crippen molar-refractivity contribution >= 4 is 28.3 Å². The predicted octanol–water partition coefficient (Wildman–Crippen LogP) is 2.33. The van der Waals surface area contributed by atoms with E-state index in [4.69, 9.17) is 0 Å². The van der Waals surface area contributed by atoms with Crippen molar-refractivity contribution in [3.8, 4) is 0 Å². The van der Waals surface area contributed by atoms with Crippen LogP contribution in [0.3, 0.4) is 0 Å². The van der Waals surface area contributed by atoms with Crippen molar-refractivity contribution in [2.45, 2.75) is 31.7 Å². The molecule has 0 radical (unpaired) electrons. The molecular weight excluding hydrogens is 352 g/mol. The van der Waals surface area contributed by atoms with Crippen LogP contribution in [-0.4, -0.2) is 20.9 Å². The van der Waals surface area contributed by atoms with Crippen LogP contribution in [0.4, 0.5) is 0 Å². The Morgan fingerprint density at radius 1 is 1.27 bits per heavy atom. The fraction of sp³-hybridized carbons (Fsp3) is 0.333. The number of nitrogens with zero attached hydrogens (tertiary/aromatic N) is 1. The van der Waals surface area contributed by atoms with Crippen molar-refractivity contribution in [2.24, 2.45) is 5.92 Å². The molecule has 1 aliphatic carbocycles. The Labute approximate surface area is 152 Å². The van der Waals surface area contributed by atoms with Crippen molar-refractivity contribution < 1.29 is 4.79 Å². The molecule has 0 bridgehead atoms. The van der Waals surface area contributed by atoms with Gasteiger partial charge in [0.25, 0.3) is 11.5 Å². The van der Waals surface area contributed by atoms with E-state index >= 15 is 0 Å². The van der Waals surface area contributed by atoms with E-state index in [1.807, 2.05) is 17.5 Å². The molecule has 1 saturated carbocycles. The smallest absolute Gasteiger partial charge is 0.327 e. The number of hydrogen-bond acceptors (Lipinski definition) is 5. The SMILES string of the molecule is O=C(N[C@H](c1cccs1)C1CCCC1)c1cnc2[nH]c(=O)[nH]c(=O)c2c1. The number of amides is 1. The molecule has 0 spiro atoms. The summed E-state index contributed by atoms with van der Waals surface area (Å²) in [6.45, 7) is 0. The van der Waals surface area contributed by atoms with Gasteiger partial charge >= 0.3 is 5.69 Å². The number of rotatable bonds is 4. The molecule has 4 rings (SSSR count). The normalized spacial score (nSPS) is 16.0. The van der Waals surface area contributed by atoms with Crippen LogP contribution in [-0.2, 0) is 0 Å².